The number of benzene rings is 3. The highest BCUT2D eigenvalue weighted by atomic mass is 32.2. The van der Waals surface area contributed by atoms with Crippen LogP contribution in [0.25, 0.3) is 21.3 Å². The highest BCUT2D eigenvalue weighted by Gasteiger charge is 2.40. The predicted octanol–water partition coefficient (Wildman–Crippen LogP) is 5.38. The van der Waals surface area contributed by atoms with Crippen molar-refractivity contribution in [2.45, 2.75) is 29.9 Å². The molecule has 0 spiro atoms. The molecule has 5 aromatic rings. The van der Waals surface area contributed by atoms with Gasteiger partial charge in [0.1, 0.15) is 5.01 Å². The van der Waals surface area contributed by atoms with Crippen molar-refractivity contribution < 1.29 is 47.6 Å². The first-order valence-electron chi connectivity index (χ1n) is 12.4. The maximum Gasteiger partial charge on any atom is 0.416 e. The Morgan fingerprint density at radius 2 is 1.49 bits per heavy atom. The maximum absolute atomic E-state index is 13.9. The van der Waals surface area contributed by atoms with Gasteiger partial charge in [0.25, 0.3) is 10.2 Å². The van der Waals surface area contributed by atoms with Crippen LogP contribution < -0.4 is 9.86 Å². The molecule has 0 bridgehead atoms. The van der Waals surface area contributed by atoms with Crippen LogP contribution in [0.2, 0.25) is 0 Å². The van der Waals surface area contributed by atoms with Crippen LogP contribution >= 0.6 is 11.3 Å². The smallest absolute Gasteiger partial charge is 0.416 e. The first-order valence-corrected chi connectivity index (χ1v) is 16.5. The minimum absolute atomic E-state index is 0.117. The highest BCUT2D eigenvalue weighted by Crippen LogP contribution is 2.40. The Morgan fingerprint density at radius 3 is 2.09 bits per heavy atom. The summed E-state index contributed by atoms with van der Waals surface area (Å²) < 4.78 is 139. The quantitative estimate of drug-likeness (QED) is 0.195. The zero-order chi connectivity index (χ0) is 32.8. The fourth-order valence-corrected chi connectivity index (χ4v) is 7.75. The Balaban J connectivity index is 1.61. The molecule has 0 saturated heterocycles. The summed E-state index contributed by atoms with van der Waals surface area (Å²) in [5, 5.41) is 10.1. The number of nitrogens with zero attached hydrogens (tertiary/aromatic N) is 3. The lowest BCUT2D eigenvalue weighted by atomic mass is 10.1. The lowest BCUT2D eigenvalue weighted by Crippen LogP contribution is -2.30. The topological polar surface area (TPSA) is 158 Å². The van der Waals surface area contributed by atoms with E-state index in [9.17, 15) is 43.2 Å². The summed E-state index contributed by atoms with van der Waals surface area (Å²) >= 11 is 0.879. The molecule has 0 fully saturated rings. The second kappa shape index (κ2) is 11.8. The molecule has 0 amide bonds. The Hall–Kier alpha value is -3.91. The maximum atomic E-state index is 13.9. The molecular weight excluding hydrogens is 673 g/mol. The number of nitrogens with one attached hydrogen (secondary N) is 1. The van der Waals surface area contributed by atoms with Gasteiger partial charge in [0, 0.05) is 0 Å². The van der Waals surface area contributed by atoms with Gasteiger partial charge in [-0.15, -0.1) is 21.5 Å². The molecule has 0 radical (unpaired) electrons. The van der Waals surface area contributed by atoms with E-state index in [0.717, 1.165) is 22.5 Å². The first-order chi connectivity index (χ1) is 20.9. The van der Waals surface area contributed by atoms with Crippen LogP contribution in [-0.2, 0) is 44.7 Å². The monoisotopic (exact) mass is 691 g/mol. The zero-order valence-electron chi connectivity index (χ0n) is 22.3. The minimum atomic E-state index is -5.21. The van der Waals surface area contributed by atoms with Gasteiger partial charge in [-0.1, -0.05) is 36.4 Å². The third kappa shape index (κ3) is 7.67. The second-order valence-electron chi connectivity index (χ2n) is 9.60. The molecule has 0 aliphatic rings. The van der Waals surface area contributed by atoms with Gasteiger partial charge in [0.15, 0.2) is 15.1 Å². The zero-order valence-corrected chi connectivity index (χ0v) is 24.7. The molecule has 1 atom stereocenters. The standard InChI is InChI=1S/C26H19F6N5O5S3/c27-25(28,29)17-8-14(9-18(11-17)26(30,31)32)13-44(38,39)22(23-37-36-21(42-23)12-34-45(33,40)41)24-35-19-7-6-16(10-20(19)43-24)15-4-2-1-3-5-15/h1-11,22,34H,12-13H2,(H2,33,40,41). The largest absolute Gasteiger partial charge is 0.422 e. The van der Waals surface area contributed by atoms with Crippen LogP contribution in [0.3, 0.4) is 0 Å². The summed E-state index contributed by atoms with van der Waals surface area (Å²) in [6, 6.07) is 14.7. The summed E-state index contributed by atoms with van der Waals surface area (Å²) in [5.74, 6) is -2.38. The minimum Gasteiger partial charge on any atom is -0.422 e. The SMILES string of the molecule is NS(=O)(=O)NCc1nnc(C(c2nc3ccc(-c4ccccc4)cc3s2)S(=O)(=O)Cc2cc(C(F)(F)F)cc(C(F)(F)F)c2)o1. The molecular formula is C26H19F6N5O5S3. The number of hydrogen-bond acceptors (Lipinski definition) is 9. The normalized spacial score (nSPS) is 13.8. The summed E-state index contributed by atoms with van der Waals surface area (Å²) in [6.07, 6.45) is -10.4. The molecule has 45 heavy (non-hydrogen) atoms. The lowest BCUT2D eigenvalue weighted by molar-refractivity contribution is -0.143. The predicted molar refractivity (Wildman–Crippen MR) is 150 cm³/mol. The number of alkyl halides is 6. The fourth-order valence-electron chi connectivity index (χ4n) is 4.30. The number of hydrogen-bond donors (Lipinski definition) is 2. The van der Waals surface area contributed by atoms with Crippen molar-refractivity contribution in [3.8, 4) is 11.1 Å². The van der Waals surface area contributed by atoms with E-state index in [0.29, 0.717) is 22.3 Å². The number of thiazole rings is 1. The van der Waals surface area contributed by atoms with E-state index < -0.39 is 78.4 Å². The van der Waals surface area contributed by atoms with Crippen molar-refractivity contribution in [1.29, 1.82) is 0 Å². The van der Waals surface area contributed by atoms with E-state index in [1.165, 1.54) is 0 Å². The van der Waals surface area contributed by atoms with Crippen molar-refractivity contribution in [2.24, 2.45) is 5.14 Å². The van der Waals surface area contributed by atoms with Crippen LogP contribution in [0.1, 0.15) is 38.7 Å². The van der Waals surface area contributed by atoms with E-state index in [1.54, 1.807) is 18.2 Å². The third-order valence-corrected chi connectivity index (χ3v) is 9.90. The van der Waals surface area contributed by atoms with Gasteiger partial charge in [0.2, 0.25) is 11.8 Å². The molecule has 10 nitrogen and oxygen atoms in total. The van der Waals surface area contributed by atoms with E-state index in [-0.39, 0.29) is 11.1 Å². The molecule has 3 aromatic carbocycles. The number of halogens is 6. The van der Waals surface area contributed by atoms with Gasteiger partial charge in [-0.3, -0.25) is 0 Å². The molecule has 2 aromatic heterocycles. The molecule has 5 rings (SSSR count). The van der Waals surface area contributed by atoms with Crippen molar-refractivity contribution in [2.75, 3.05) is 0 Å². The van der Waals surface area contributed by atoms with Crippen molar-refractivity contribution in [1.82, 2.24) is 19.9 Å². The van der Waals surface area contributed by atoms with E-state index in [4.69, 9.17) is 9.56 Å². The summed E-state index contributed by atoms with van der Waals surface area (Å²) in [6.45, 7) is -0.637. The van der Waals surface area contributed by atoms with Crippen LogP contribution in [0.15, 0.2) is 71.1 Å². The van der Waals surface area contributed by atoms with Gasteiger partial charge < -0.3 is 4.42 Å². The van der Waals surface area contributed by atoms with Gasteiger partial charge in [-0.05, 0) is 47.0 Å². The summed E-state index contributed by atoms with van der Waals surface area (Å²) in [7, 11) is -9.01. The Labute approximate surface area is 255 Å². The van der Waals surface area contributed by atoms with E-state index >= 15 is 0 Å². The molecule has 0 saturated carbocycles. The molecule has 238 valence electrons. The summed E-state index contributed by atoms with van der Waals surface area (Å²) in [4.78, 5) is 4.36. The summed E-state index contributed by atoms with van der Waals surface area (Å²) in [5.41, 5.74) is -2.25. The Kier molecular flexibility index (Phi) is 8.51. The van der Waals surface area contributed by atoms with Crippen molar-refractivity contribution in [3.05, 3.63) is 100 Å². The number of fused-ring (bicyclic) bond motifs is 1. The molecule has 0 aliphatic carbocycles. The van der Waals surface area contributed by atoms with Crippen LogP contribution in [0.5, 0.6) is 0 Å². The lowest BCUT2D eigenvalue weighted by Gasteiger charge is -2.16. The number of aromatic nitrogens is 3. The Morgan fingerprint density at radius 1 is 0.844 bits per heavy atom. The average Bonchev–Trinajstić information content (AvgIpc) is 3.57. The molecule has 1 unspecified atom stereocenters. The number of rotatable bonds is 9. The molecule has 19 heteroatoms. The van der Waals surface area contributed by atoms with Crippen molar-refractivity contribution in [3.63, 3.8) is 0 Å². The van der Waals surface area contributed by atoms with Gasteiger partial charge in [-0.2, -0.15) is 39.5 Å². The van der Waals surface area contributed by atoms with Gasteiger partial charge in [-0.25, -0.2) is 18.5 Å². The van der Waals surface area contributed by atoms with Crippen molar-refractivity contribution >= 4 is 41.6 Å². The van der Waals surface area contributed by atoms with Crippen LogP contribution in [0.4, 0.5) is 26.3 Å². The van der Waals surface area contributed by atoms with E-state index in [1.807, 2.05) is 35.1 Å². The second-order valence-corrected chi connectivity index (χ2v) is 14.1. The Bertz CT molecular complexity index is 2050. The van der Waals surface area contributed by atoms with E-state index in [2.05, 4.69) is 15.2 Å². The molecule has 0 aliphatic heterocycles. The third-order valence-electron chi connectivity index (χ3n) is 6.24. The first kappa shape index (κ1) is 32.5. The fraction of sp³-hybridized carbons (Fsp3) is 0.192. The van der Waals surface area contributed by atoms with Crippen LogP contribution in [0, 0.1) is 0 Å². The van der Waals surface area contributed by atoms with Crippen LogP contribution in [-0.4, -0.2) is 32.0 Å². The highest BCUT2D eigenvalue weighted by molar-refractivity contribution is 7.91. The molecule has 3 N–H and O–H groups in total. The average molecular weight is 692 g/mol. The van der Waals surface area contributed by atoms with Gasteiger partial charge >= 0.3 is 12.4 Å². The number of nitrogens with two attached hydrogens (primary N) is 1. The number of sulfone groups is 1. The van der Waals surface area contributed by atoms with Gasteiger partial charge in [0.05, 0.1) is 33.6 Å². The molecule has 2 heterocycles.